The average Bonchev–Trinajstić information content (AvgIpc) is 3.01. The number of rotatable bonds is 4. The zero-order valence-electron chi connectivity index (χ0n) is 13.0. The number of aliphatic hydroxyl groups is 1. The maximum atomic E-state index is 12.7. The fourth-order valence-corrected chi connectivity index (χ4v) is 2.73. The lowest BCUT2D eigenvalue weighted by atomic mass is 10.1. The Kier molecular flexibility index (Phi) is 4.48. The van der Waals surface area contributed by atoms with Gasteiger partial charge in [0.25, 0.3) is 5.91 Å². The maximum absolute atomic E-state index is 12.7. The molecule has 5 nitrogen and oxygen atoms in total. The Morgan fingerprint density at radius 1 is 1.26 bits per heavy atom. The standard InChI is InChI=1S/C18H20N2O3/c1-23-15-6-4-5-13(11-15)19-17-8-3-2-7-16(17)18(22)20-10-9-14(21)12-20/h2-8,11,14,19,21H,9-10,12H2,1H3/t14-/m1/s1. The highest BCUT2D eigenvalue weighted by molar-refractivity contribution is 6.00. The number of amides is 1. The van der Waals surface area contributed by atoms with Crippen LogP contribution in [0.25, 0.3) is 0 Å². The lowest BCUT2D eigenvalue weighted by molar-refractivity contribution is 0.0766. The van der Waals surface area contributed by atoms with Gasteiger partial charge in [-0.25, -0.2) is 0 Å². The Hall–Kier alpha value is -2.53. The van der Waals surface area contributed by atoms with Crippen LogP contribution in [0.2, 0.25) is 0 Å². The van der Waals surface area contributed by atoms with Gasteiger partial charge in [0.05, 0.1) is 24.5 Å². The normalized spacial score (nSPS) is 17.1. The molecule has 1 amide bonds. The van der Waals surface area contributed by atoms with E-state index in [1.54, 1.807) is 18.1 Å². The minimum absolute atomic E-state index is 0.0625. The highest BCUT2D eigenvalue weighted by Gasteiger charge is 2.26. The Labute approximate surface area is 135 Å². The van der Waals surface area contributed by atoms with Gasteiger partial charge in [-0.3, -0.25) is 4.79 Å². The fourth-order valence-electron chi connectivity index (χ4n) is 2.73. The summed E-state index contributed by atoms with van der Waals surface area (Å²) in [7, 11) is 1.62. The third-order valence-corrected chi connectivity index (χ3v) is 3.96. The third kappa shape index (κ3) is 3.46. The molecular weight excluding hydrogens is 292 g/mol. The number of methoxy groups -OCH3 is 1. The van der Waals surface area contributed by atoms with Crippen LogP contribution in [-0.2, 0) is 0 Å². The van der Waals surface area contributed by atoms with Crippen molar-refractivity contribution in [1.29, 1.82) is 0 Å². The molecule has 1 atom stereocenters. The Bertz CT molecular complexity index is 702. The number of carbonyl (C=O) groups excluding carboxylic acids is 1. The van der Waals surface area contributed by atoms with Gasteiger partial charge in [-0.15, -0.1) is 0 Å². The molecule has 0 unspecified atom stereocenters. The fraction of sp³-hybridized carbons (Fsp3) is 0.278. The first kappa shape index (κ1) is 15.4. The number of nitrogens with zero attached hydrogens (tertiary/aromatic N) is 1. The second kappa shape index (κ2) is 6.71. The van der Waals surface area contributed by atoms with Crippen LogP contribution in [-0.4, -0.2) is 42.2 Å². The monoisotopic (exact) mass is 312 g/mol. The molecule has 2 aromatic rings. The summed E-state index contributed by atoms with van der Waals surface area (Å²) in [6.45, 7) is 0.986. The van der Waals surface area contributed by atoms with Crippen molar-refractivity contribution in [3.63, 3.8) is 0 Å². The van der Waals surface area contributed by atoms with Crippen LogP contribution in [0.4, 0.5) is 11.4 Å². The summed E-state index contributed by atoms with van der Waals surface area (Å²) < 4.78 is 5.22. The van der Waals surface area contributed by atoms with Crippen molar-refractivity contribution in [3.05, 3.63) is 54.1 Å². The number of β-amino-alcohol motifs (C(OH)–C–C–N with tert-alkyl or cyclic N) is 1. The van der Waals surface area contributed by atoms with Gasteiger partial charge in [-0.2, -0.15) is 0 Å². The van der Waals surface area contributed by atoms with Gasteiger partial charge in [0.1, 0.15) is 5.75 Å². The number of likely N-dealkylation sites (tertiary alicyclic amines) is 1. The summed E-state index contributed by atoms with van der Waals surface area (Å²) in [4.78, 5) is 14.4. The van der Waals surface area contributed by atoms with Gasteiger partial charge in [0.2, 0.25) is 0 Å². The predicted octanol–water partition coefficient (Wildman–Crippen LogP) is 2.65. The molecule has 0 aliphatic carbocycles. The number of benzene rings is 2. The lowest BCUT2D eigenvalue weighted by Gasteiger charge is -2.18. The van der Waals surface area contributed by atoms with E-state index in [0.29, 0.717) is 25.1 Å². The number of aliphatic hydroxyl groups excluding tert-OH is 1. The Morgan fingerprint density at radius 2 is 2.09 bits per heavy atom. The van der Waals surface area contributed by atoms with Gasteiger partial charge >= 0.3 is 0 Å². The van der Waals surface area contributed by atoms with Crippen LogP contribution in [0.5, 0.6) is 5.75 Å². The number of hydrogen-bond acceptors (Lipinski definition) is 4. The Morgan fingerprint density at radius 3 is 2.83 bits per heavy atom. The molecule has 2 aromatic carbocycles. The van der Waals surface area contributed by atoms with E-state index in [-0.39, 0.29) is 5.91 Å². The largest absolute Gasteiger partial charge is 0.497 e. The van der Waals surface area contributed by atoms with E-state index in [1.807, 2.05) is 42.5 Å². The third-order valence-electron chi connectivity index (χ3n) is 3.96. The molecule has 0 radical (unpaired) electrons. The minimum atomic E-state index is -0.419. The Balaban J connectivity index is 1.84. The van der Waals surface area contributed by atoms with Crippen LogP contribution >= 0.6 is 0 Å². The summed E-state index contributed by atoms with van der Waals surface area (Å²) in [6.07, 6.45) is 0.217. The van der Waals surface area contributed by atoms with Crippen LogP contribution in [0.15, 0.2) is 48.5 Å². The van der Waals surface area contributed by atoms with E-state index < -0.39 is 6.10 Å². The first-order chi connectivity index (χ1) is 11.2. The SMILES string of the molecule is COc1cccc(Nc2ccccc2C(=O)N2CC[C@@H](O)C2)c1. The highest BCUT2D eigenvalue weighted by Crippen LogP contribution is 2.25. The summed E-state index contributed by atoms with van der Waals surface area (Å²) in [6, 6.07) is 15.0. The van der Waals surface area contributed by atoms with E-state index in [1.165, 1.54) is 0 Å². The predicted molar refractivity (Wildman–Crippen MR) is 89.2 cm³/mol. The molecule has 2 N–H and O–H groups in total. The molecule has 1 fully saturated rings. The average molecular weight is 312 g/mol. The van der Waals surface area contributed by atoms with Crippen molar-refractivity contribution in [2.45, 2.75) is 12.5 Å². The molecule has 23 heavy (non-hydrogen) atoms. The number of para-hydroxylation sites is 1. The number of ether oxygens (including phenoxy) is 1. The van der Waals surface area contributed by atoms with Gasteiger partial charge in [0.15, 0.2) is 0 Å². The quantitative estimate of drug-likeness (QED) is 0.911. The molecule has 0 aromatic heterocycles. The van der Waals surface area contributed by atoms with Gasteiger partial charge in [-0.1, -0.05) is 18.2 Å². The van der Waals surface area contributed by atoms with Crippen LogP contribution in [0.1, 0.15) is 16.8 Å². The maximum Gasteiger partial charge on any atom is 0.256 e. The molecule has 1 saturated heterocycles. The lowest BCUT2D eigenvalue weighted by Crippen LogP contribution is -2.30. The minimum Gasteiger partial charge on any atom is -0.497 e. The number of carbonyl (C=O) groups is 1. The first-order valence-corrected chi connectivity index (χ1v) is 7.65. The second-order valence-electron chi connectivity index (χ2n) is 5.60. The van der Waals surface area contributed by atoms with Crippen molar-refractivity contribution in [2.24, 2.45) is 0 Å². The van der Waals surface area contributed by atoms with Crippen molar-refractivity contribution < 1.29 is 14.6 Å². The van der Waals surface area contributed by atoms with E-state index >= 15 is 0 Å². The van der Waals surface area contributed by atoms with Gasteiger partial charge in [0, 0.05) is 24.8 Å². The molecular formula is C18H20N2O3. The molecule has 1 heterocycles. The zero-order valence-corrected chi connectivity index (χ0v) is 13.0. The summed E-state index contributed by atoms with van der Waals surface area (Å²) in [5.74, 6) is 0.689. The topological polar surface area (TPSA) is 61.8 Å². The van der Waals surface area contributed by atoms with Gasteiger partial charge < -0.3 is 20.1 Å². The molecule has 1 aliphatic heterocycles. The smallest absolute Gasteiger partial charge is 0.256 e. The van der Waals surface area contributed by atoms with Crippen LogP contribution in [0.3, 0.4) is 0 Å². The van der Waals surface area contributed by atoms with Gasteiger partial charge in [-0.05, 0) is 30.7 Å². The second-order valence-corrected chi connectivity index (χ2v) is 5.60. The zero-order chi connectivity index (χ0) is 16.2. The molecule has 0 spiro atoms. The van der Waals surface area contributed by atoms with E-state index in [2.05, 4.69) is 5.32 Å². The van der Waals surface area contributed by atoms with Crippen molar-refractivity contribution in [1.82, 2.24) is 4.90 Å². The first-order valence-electron chi connectivity index (χ1n) is 7.65. The van der Waals surface area contributed by atoms with E-state index in [9.17, 15) is 9.90 Å². The van der Waals surface area contributed by atoms with Crippen molar-refractivity contribution >= 4 is 17.3 Å². The molecule has 5 heteroatoms. The number of nitrogens with one attached hydrogen (secondary N) is 1. The summed E-state index contributed by atoms with van der Waals surface area (Å²) in [5.41, 5.74) is 2.20. The summed E-state index contributed by atoms with van der Waals surface area (Å²) >= 11 is 0. The van der Waals surface area contributed by atoms with Crippen molar-refractivity contribution in [2.75, 3.05) is 25.5 Å². The molecule has 120 valence electrons. The number of anilines is 2. The highest BCUT2D eigenvalue weighted by atomic mass is 16.5. The number of hydrogen-bond donors (Lipinski definition) is 2. The van der Waals surface area contributed by atoms with Crippen LogP contribution in [0, 0.1) is 0 Å². The molecule has 1 aliphatic rings. The van der Waals surface area contributed by atoms with Crippen LogP contribution < -0.4 is 10.1 Å². The van der Waals surface area contributed by atoms with E-state index in [0.717, 1.165) is 17.1 Å². The van der Waals surface area contributed by atoms with E-state index in [4.69, 9.17) is 4.74 Å². The molecule has 0 bridgehead atoms. The molecule has 0 saturated carbocycles. The summed E-state index contributed by atoms with van der Waals surface area (Å²) in [5, 5.41) is 12.9. The van der Waals surface area contributed by atoms with Crippen molar-refractivity contribution in [3.8, 4) is 5.75 Å². The molecule has 3 rings (SSSR count).